The van der Waals surface area contributed by atoms with Crippen LogP contribution >= 0.6 is 0 Å². The van der Waals surface area contributed by atoms with Crippen molar-refractivity contribution < 1.29 is 17.9 Å². The summed E-state index contributed by atoms with van der Waals surface area (Å²) in [5.74, 6) is 0. The fraction of sp³-hybridized carbons (Fsp3) is 0.643. The maximum atomic E-state index is 13.1. The first-order chi connectivity index (χ1) is 9.38. The summed E-state index contributed by atoms with van der Waals surface area (Å²) >= 11 is 0. The molecule has 1 aliphatic heterocycles. The summed E-state index contributed by atoms with van der Waals surface area (Å²) in [5, 5.41) is 0. The molecule has 3 nitrogen and oxygen atoms in total. The van der Waals surface area contributed by atoms with E-state index in [0.29, 0.717) is 19.6 Å². The number of likely N-dealkylation sites (tertiary alicyclic amines) is 1. The van der Waals surface area contributed by atoms with Crippen molar-refractivity contribution in [2.24, 2.45) is 0 Å². The fourth-order valence-electron chi connectivity index (χ4n) is 2.57. The standard InChI is InChI=1S/C14H19F3N2O/c1-11-4-3-7-18-12(11)10-19-8-5-13(20-2,6-9-19)14(15,16)17/h3-4,7H,5-6,8-10H2,1-2H3. The van der Waals surface area contributed by atoms with E-state index < -0.39 is 11.8 Å². The van der Waals surface area contributed by atoms with Crippen LogP contribution in [0.25, 0.3) is 0 Å². The predicted molar refractivity (Wildman–Crippen MR) is 69.3 cm³/mol. The molecule has 0 unspecified atom stereocenters. The molecule has 0 saturated carbocycles. The Morgan fingerprint density at radius 1 is 1.35 bits per heavy atom. The molecule has 0 spiro atoms. The van der Waals surface area contributed by atoms with Gasteiger partial charge >= 0.3 is 6.18 Å². The minimum absolute atomic E-state index is 0.0289. The number of aryl methyl sites for hydroxylation is 1. The number of piperidine rings is 1. The lowest BCUT2D eigenvalue weighted by atomic mass is 9.90. The largest absolute Gasteiger partial charge is 0.417 e. The molecule has 0 bridgehead atoms. The first-order valence-corrected chi connectivity index (χ1v) is 6.63. The van der Waals surface area contributed by atoms with Gasteiger partial charge in [-0.25, -0.2) is 0 Å². The van der Waals surface area contributed by atoms with Crippen LogP contribution in [0.4, 0.5) is 13.2 Å². The first-order valence-electron chi connectivity index (χ1n) is 6.63. The molecule has 0 atom stereocenters. The minimum atomic E-state index is -4.31. The zero-order valence-corrected chi connectivity index (χ0v) is 11.7. The molecular weight excluding hydrogens is 269 g/mol. The highest BCUT2D eigenvalue weighted by molar-refractivity contribution is 5.17. The van der Waals surface area contributed by atoms with Crippen LogP contribution in [0, 0.1) is 6.92 Å². The molecule has 1 saturated heterocycles. The van der Waals surface area contributed by atoms with Gasteiger partial charge in [0, 0.05) is 32.9 Å². The zero-order chi connectivity index (χ0) is 14.8. The Kier molecular flexibility index (Phi) is 4.34. The van der Waals surface area contributed by atoms with E-state index in [1.165, 1.54) is 0 Å². The quantitative estimate of drug-likeness (QED) is 0.855. The highest BCUT2D eigenvalue weighted by atomic mass is 19.4. The Bertz CT molecular complexity index is 454. The second-order valence-electron chi connectivity index (χ2n) is 5.24. The van der Waals surface area contributed by atoms with Crippen molar-refractivity contribution in [3.05, 3.63) is 29.6 Å². The molecule has 0 radical (unpaired) electrons. The molecule has 0 aliphatic carbocycles. The summed E-state index contributed by atoms with van der Waals surface area (Å²) in [5.41, 5.74) is -0.000763. The van der Waals surface area contributed by atoms with Gasteiger partial charge in [0.25, 0.3) is 0 Å². The van der Waals surface area contributed by atoms with Gasteiger partial charge in [0.05, 0.1) is 5.69 Å². The minimum Gasteiger partial charge on any atom is -0.369 e. The van der Waals surface area contributed by atoms with Crippen molar-refractivity contribution in [2.45, 2.75) is 38.1 Å². The lowest BCUT2D eigenvalue weighted by Gasteiger charge is -2.41. The van der Waals surface area contributed by atoms with Crippen LogP contribution in [0.1, 0.15) is 24.1 Å². The molecule has 20 heavy (non-hydrogen) atoms. The maximum Gasteiger partial charge on any atom is 0.417 e. The van der Waals surface area contributed by atoms with E-state index >= 15 is 0 Å². The number of rotatable bonds is 3. The van der Waals surface area contributed by atoms with Crippen LogP contribution < -0.4 is 0 Å². The Labute approximate surface area is 116 Å². The van der Waals surface area contributed by atoms with Gasteiger partial charge in [0.15, 0.2) is 5.60 Å². The second kappa shape index (κ2) is 5.69. The molecule has 6 heteroatoms. The van der Waals surface area contributed by atoms with Gasteiger partial charge in [-0.15, -0.1) is 0 Å². The Hall–Kier alpha value is -1.14. The molecule has 0 N–H and O–H groups in total. The van der Waals surface area contributed by atoms with Crippen molar-refractivity contribution in [1.29, 1.82) is 0 Å². The molecule has 1 aromatic rings. The van der Waals surface area contributed by atoms with Crippen molar-refractivity contribution in [1.82, 2.24) is 9.88 Å². The third kappa shape index (κ3) is 2.96. The summed E-state index contributed by atoms with van der Waals surface area (Å²) < 4.78 is 44.0. The molecule has 0 aromatic carbocycles. The number of alkyl halides is 3. The number of methoxy groups -OCH3 is 1. The molecule has 2 heterocycles. The fourth-order valence-corrected chi connectivity index (χ4v) is 2.57. The van der Waals surface area contributed by atoms with Gasteiger partial charge in [-0.2, -0.15) is 13.2 Å². The van der Waals surface area contributed by atoms with E-state index in [1.807, 2.05) is 24.0 Å². The molecule has 1 aromatic heterocycles. The van der Waals surface area contributed by atoms with Crippen LogP contribution in [0.2, 0.25) is 0 Å². The molecule has 1 aliphatic rings. The lowest BCUT2D eigenvalue weighted by Crippen LogP contribution is -2.54. The molecule has 2 rings (SSSR count). The van der Waals surface area contributed by atoms with E-state index in [0.717, 1.165) is 18.4 Å². The van der Waals surface area contributed by atoms with Crippen LogP contribution in [0.15, 0.2) is 18.3 Å². The number of halogens is 3. The molecule has 112 valence electrons. The van der Waals surface area contributed by atoms with Crippen LogP contribution in [-0.2, 0) is 11.3 Å². The summed E-state index contributed by atoms with van der Waals surface area (Å²) in [6, 6.07) is 3.82. The Balaban J connectivity index is 2.00. The third-order valence-corrected chi connectivity index (χ3v) is 4.06. The van der Waals surface area contributed by atoms with Crippen molar-refractivity contribution >= 4 is 0 Å². The van der Waals surface area contributed by atoms with E-state index in [4.69, 9.17) is 4.74 Å². The second-order valence-corrected chi connectivity index (χ2v) is 5.24. The summed E-state index contributed by atoms with van der Waals surface area (Å²) in [6.07, 6.45) is -2.66. The number of hydrogen-bond donors (Lipinski definition) is 0. The van der Waals surface area contributed by atoms with Crippen LogP contribution in [0.3, 0.4) is 0 Å². The average molecular weight is 288 g/mol. The zero-order valence-electron chi connectivity index (χ0n) is 11.7. The van der Waals surface area contributed by atoms with Crippen LogP contribution in [-0.4, -0.2) is 41.9 Å². The van der Waals surface area contributed by atoms with Crippen molar-refractivity contribution in [2.75, 3.05) is 20.2 Å². The summed E-state index contributed by atoms with van der Waals surface area (Å²) in [4.78, 5) is 6.28. The van der Waals surface area contributed by atoms with E-state index in [9.17, 15) is 13.2 Å². The van der Waals surface area contributed by atoms with Gasteiger partial charge in [0.1, 0.15) is 0 Å². The van der Waals surface area contributed by atoms with Crippen LogP contribution in [0.5, 0.6) is 0 Å². The van der Waals surface area contributed by atoms with Crippen molar-refractivity contribution in [3.63, 3.8) is 0 Å². The summed E-state index contributed by atoms with van der Waals surface area (Å²) in [7, 11) is 1.14. The molecular formula is C14H19F3N2O. The molecule has 0 amide bonds. The normalized spacial score (nSPS) is 20.1. The van der Waals surface area contributed by atoms with Gasteiger partial charge in [-0.1, -0.05) is 6.07 Å². The number of aromatic nitrogens is 1. The van der Waals surface area contributed by atoms with E-state index in [-0.39, 0.29) is 12.8 Å². The lowest BCUT2D eigenvalue weighted by molar-refractivity contribution is -0.282. The third-order valence-electron chi connectivity index (χ3n) is 4.06. The number of hydrogen-bond acceptors (Lipinski definition) is 3. The molecule has 1 fully saturated rings. The maximum absolute atomic E-state index is 13.1. The number of nitrogens with zero attached hydrogens (tertiary/aromatic N) is 2. The van der Waals surface area contributed by atoms with E-state index in [2.05, 4.69) is 4.98 Å². The number of pyridine rings is 1. The van der Waals surface area contributed by atoms with E-state index in [1.54, 1.807) is 6.20 Å². The van der Waals surface area contributed by atoms with Crippen molar-refractivity contribution in [3.8, 4) is 0 Å². The Morgan fingerprint density at radius 3 is 2.50 bits per heavy atom. The predicted octanol–water partition coefficient (Wildman–Crippen LogP) is 2.93. The topological polar surface area (TPSA) is 25.4 Å². The Morgan fingerprint density at radius 2 is 2.00 bits per heavy atom. The van der Waals surface area contributed by atoms with Gasteiger partial charge in [0.2, 0.25) is 0 Å². The smallest absolute Gasteiger partial charge is 0.369 e. The highest BCUT2D eigenvalue weighted by Gasteiger charge is 2.56. The number of ether oxygens (including phenoxy) is 1. The average Bonchev–Trinajstić information content (AvgIpc) is 2.41. The van der Waals surface area contributed by atoms with Gasteiger partial charge in [-0.05, 0) is 31.4 Å². The first kappa shape index (κ1) is 15.3. The SMILES string of the molecule is COC1(C(F)(F)F)CCN(Cc2ncccc2C)CC1. The highest BCUT2D eigenvalue weighted by Crippen LogP contribution is 2.41. The monoisotopic (exact) mass is 288 g/mol. The summed E-state index contributed by atoms with van der Waals surface area (Å²) in [6.45, 7) is 3.28. The van der Waals surface area contributed by atoms with Gasteiger partial charge < -0.3 is 4.74 Å². The van der Waals surface area contributed by atoms with Gasteiger partial charge in [-0.3, -0.25) is 9.88 Å².